The van der Waals surface area contributed by atoms with Gasteiger partial charge in [0.05, 0.1) is 5.92 Å². The standard InChI is InChI=1S/C23H33N3O3/c1-15-6-7-16(2)19(12-15)24-21(28)17-8-10-25(11-9-17)22(29)18-13-20(27)26(14-18)23(3,4)5/h6-7,12,17-18H,8-11,13-14H2,1-5H3,(H,24,28). The van der Waals surface area contributed by atoms with E-state index in [1.807, 2.05) is 57.7 Å². The number of piperidine rings is 1. The summed E-state index contributed by atoms with van der Waals surface area (Å²) in [4.78, 5) is 41.5. The van der Waals surface area contributed by atoms with E-state index in [4.69, 9.17) is 0 Å². The third kappa shape index (κ3) is 4.80. The van der Waals surface area contributed by atoms with Crippen molar-refractivity contribution in [2.45, 2.75) is 59.4 Å². The largest absolute Gasteiger partial charge is 0.342 e. The summed E-state index contributed by atoms with van der Waals surface area (Å²) in [6.07, 6.45) is 1.61. The van der Waals surface area contributed by atoms with Gasteiger partial charge < -0.3 is 15.1 Å². The molecule has 2 aliphatic heterocycles. The van der Waals surface area contributed by atoms with Crippen molar-refractivity contribution < 1.29 is 14.4 Å². The van der Waals surface area contributed by atoms with Crippen LogP contribution in [0.5, 0.6) is 0 Å². The number of hydrogen-bond donors (Lipinski definition) is 1. The van der Waals surface area contributed by atoms with Crippen molar-refractivity contribution in [1.29, 1.82) is 0 Å². The maximum Gasteiger partial charge on any atom is 0.227 e. The zero-order valence-corrected chi connectivity index (χ0v) is 18.2. The van der Waals surface area contributed by atoms with Gasteiger partial charge in [-0.15, -0.1) is 0 Å². The first kappa shape index (κ1) is 21.3. The van der Waals surface area contributed by atoms with Crippen molar-refractivity contribution in [3.05, 3.63) is 29.3 Å². The molecule has 2 fully saturated rings. The van der Waals surface area contributed by atoms with Crippen LogP contribution in [0, 0.1) is 25.7 Å². The molecule has 158 valence electrons. The normalized spacial score (nSPS) is 20.9. The van der Waals surface area contributed by atoms with Crippen LogP contribution < -0.4 is 5.32 Å². The molecule has 1 aromatic carbocycles. The van der Waals surface area contributed by atoms with Crippen LogP contribution in [0.25, 0.3) is 0 Å². The highest BCUT2D eigenvalue weighted by atomic mass is 16.2. The third-order valence-electron chi connectivity index (χ3n) is 6.11. The second-order valence-electron chi connectivity index (χ2n) is 9.48. The van der Waals surface area contributed by atoms with Crippen LogP contribution in [0.15, 0.2) is 18.2 Å². The maximum atomic E-state index is 12.9. The molecular weight excluding hydrogens is 366 g/mol. The summed E-state index contributed by atoms with van der Waals surface area (Å²) in [5, 5.41) is 3.05. The van der Waals surface area contributed by atoms with Crippen LogP contribution in [0.2, 0.25) is 0 Å². The average molecular weight is 400 g/mol. The number of carbonyl (C=O) groups excluding carboxylic acids is 3. The SMILES string of the molecule is Cc1ccc(C)c(NC(=O)C2CCN(C(=O)C3CC(=O)N(C(C)(C)C)C3)CC2)c1. The summed E-state index contributed by atoms with van der Waals surface area (Å²) in [6.45, 7) is 11.6. The van der Waals surface area contributed by atoms with Crippen molar-refractivity contribution >= 4 is 23.4 Å². The van der Waals surface area contributed by atoms with Crippen molar-refractivity contribution in [2.75, 3.05) is 25.0 Å². The van der Waals surface area contributed by atoms with E-state index in [0.29, 0.717) is 38.9 Å². The quantitative estimate of drug-likeness (QED) is 0.849. The number of nitrogens with zero attached hydrogens (tertiary/aromatic N) is 2. The molecule has 2 aliphatic rings. The van der Waals surface area contributed by atoms with Gasteiger partial charge >= 0.3 is 0 Å². The highest BCUT2D eigenvalue weighted by Crippen LogP contribution is 2.29. The lowest BCUT2D eigenvalue weighted by molar-refractivity contribution is -0.138. The van der Waals surface area contributed by atoms with E-state index in [-0.39, 0.29) is 35.1 Å². The summed E-state index contributed by atoms with van der Waals surface area (Å²) in [7, 11) is 0. The number of nitrogens with one attached hydrogen (secondary N) is 1. The molecule has 6 heteroatoms. The Labute approximate surface area is 173 Å². The van der Waals surface area contributed by atoms with Crippen molar-refractivity contribution in [3.63, 3.8) is 0 Å². The Morgan fingerprint density at radius 1 is 1.07 bits per heavy atom. The Kier molecular flexibility index (Phi) is 6.01. The fraction of sp³-hybridized carbons (Fsp3) is 0.609. The first-order chi connectivity index (χ1) is 13.6. The van der Waals surface area contributed by atoms with Gasteiger partial charge in [-0.05, 0) is 64.7 Å². The monoisotopic (exact) mass is 399 g/mol. The van der Waals surface area contributed by atoms with Gasteiger partial charge in [0, 0.05) is 43.2 Å². The molecule has 1 N–H and O–H groups in total. The molecule has 0 bridgehead atoms. The molecule has 0 saturated carbocycles. The van der Waals surface area contributed by atoms with Gasteiger partial charge in [0.15, 0.2) is 0 Å². The second-order valence-corrected chi connectivity index (χ2v) is 9.48. The molecule has 0 aromatic heterocycles. The molecule has 29 heavy (non-hydrogen) atoms. The van der Waals surface area contributed by atoms with Crippen molar-refractivity contribution in [1.82, 2.24) is 9.80 Å². The molecule has 3 amide bonds. The predicted molar refractivity (Wildman–Crippen MR) is 113 cm³/mol. The lowest BCUT2D eigenvalue weighted by Crippen LogP contribution is -2.46. The number of anilines is 1. The molecular formula is C23H33N3O3. The van der Waals surface area contributed by atoms with Gasteiger partial charge in [0.1, 0.15) is 0 Å². The van der Waals surface area contributed by atoms with E-state index in [1.54, 1.807) is 4.90 Å². The molecule has 1 unspecified atom stereocenters. The van der Waals surface area contributed by atoms with Crippen molar-refractivity contribution in [2.24, 2.45) is 11.8 Å². The zero-order valence-electron chi connectivity index (χ0n) is 18.2. The number of rotatable bonds is 3. The van der Waals surface area contributed by atoms with Crippen LogP contribution in [0.4, 0.5) is 5.69 Å². The smallest absolute Gasteiger partial charge is 0.227 e. The van der Waals surface area contributed by atoms with Gasteiger partial charge in [-0.1, -0.05) is 12.1 Å². The third-order valence-corrected chi connectivity index (χ3v) is 6.11. The molecule has 1 atom stereocenters. The van der Waals surface area contributed by atoms with Gasteiger partial charge in [0.2, 0.25) is 17.7 Å². The Balaban J connectivity index is 1.54. The van der Waals surface area contributed by atoms with Gasteiger partial charge in [-0.25, -0.2) is 0 Å². The van der Waals surface area contributed by atoms with Crippen LogP contribution in [0.1, 0.15) is 51.2 Å². The number of likely N-dealkylation sites (tertiary alicyclic amines) is 2. The number of benzene rings is 1. The minimum absolute atomic E-state index is 0.0285. The van der Waals surface area contributed by atoms with E-state index in [1.165, 1.54) is 0 Å². The summed E-state index contributed by atoms with van der Waals surface area (Å²) in [6, 6.07) is 6.03. The van der Waals surface area contributed by atoms with E-state index in [2.05, 4.69) is 5.32 Å². The first-order valence-corrected chi connectivity index (χ1v) is 10.5. The molecule has 6 nitrogen and oxygen atoms in total. The molecule has 3 rings (SSSR count). The number of amides is 3. The zero-order chi connectivity index (χ0) is 21.3. The Bertz CT molecular complexity index is 804. The Hall–Kier alpha value is -2.37. The summed E-state index contributed by atoms with van der Waals surface area (Å²) >= 11 is 0. The van der Waals surface area contributed by atoms with Crippen LogP contribution >= 0.6 is 0 Å². The topological polar surface area (TPSA) is 69.7 Å². The van der Waals surface area contributed by atoms with Gasteiger partial charge in [-0.3, -0.25) is 14.4 Å². The molecule has 2 saturated heterocycles. The molecule has 0 radical (unpaired) electrons. The number of carbonyl (C=O) groups is 3. The predicted octanol–water partition coefficient (Wildman–Crippen LogP) is 3.13. The summed E-state index contributed by atoms with van der Waals surface area (Å²) in [5.74, 6) is -0.213. The lowest BCUT2D eigenvalue weighted by atomic mass is 9.94. The minimum Gasteiger partial charge on any atom is -0.342 e. The van der Waals surface area contributed by atoms with E-state index in [0.717, 1.165) is 16.8 Å². The maximum absolute atomic E-state index is 12.9. The Morgan fingerprint density at radius 2 is 1.72 bits per heavy atom. The van der Waals surface area contributed by atoms with Gasteiger partial charge in [-0.2, -0.15) is 0 Å². The van der Waals surface area contributed by atoms with Crippen molar-refractivity contribution in [3.8, 4) is 0 Å². The fourth-order valence-corrected chi connectivity index (χ4v) is 4.25. The molecule has 2 heterocycles. The van der Waals surface area contributed by atoms with E-state index >= 15 is 0 Å². The lowest BCUT2D eigenvalue weighted by Gasteiger charge is -2.34. The highest BCUT2D eigenvalue weighted by Gasteiger charge is 2.41. The molecule has 1 aromatic rings. The van der Waals surface area contributed by atoms with E-state index < -0.39 is 0 Å². The fourth-order valence-electron chi connectivity index (χ4n) is 4.25. The molecule has 0 aliphatic carbocycles. The first-order valence-electron chi connectivity index (χ1n) is 10.5. The summed E-state index contributed by atoms with van der Waals surface area (Å²) in [5.41, 5.74) is 2.76. The highest BCUT2D eigenvalue weighted by molar-refractivity contribution is 5.94. The number of hydrogen-bond acceptors (Lipinski definition) is 3. The second kappa shape index (κ2) is 8.17. The van der Waals surface area contributed by atoms with E-state index in [9.17, 15) is 14.4 Å². The minimum atomic E-state index is -0.262. The van der Waals surface area contributed by atoms with Crippen LogP contribution in [0.3, 0.4) is 0 Å². The van der Waals surface area contributed by atoms with Gasteiger partial charge in [0.25, 0.3) is 0 Å². The Morgan fingerprint density at radius 3 is 2.31 bits per heavy atom. The summed E-state index contributed by atoms with van der Waals surface area (Å²) < 4.78 is 0. The average Bonchev–Trinajstić information content (AvgIpc) is 3.06. The van der Waals surface area contributed by atoms with Crippen LogP contribution in [-0.2, 0) is 14.4 Å². The number of aryl methyl sites for hydroxylation is 2. The van der Waals surface area contributed by atoms with Crippen LogP contribution in [-0.4, -0.2) is 52.7 Å². The molecule has 0 spiro atoms.